The fourth-order valence-corrected chi connectivity index (χ4v) is 3.28. The van der Waals surface area contributed by atoms with Crippen LogP contribution >= 0.6 is 24.0 Å². The molecule has 1 aromatic heterocycles. The summed E-state index contributed by atoms with van der Waals surface area (Å²) in [5.74, 6) is 1.46. The van der Waals surface area contributed by atoms with E-state index in [-0.39, 0.29) is 17.8 Å². The van der Waals surface area contributed by atoms with Crippen LogP contribution in [0.25, 0.3) is 22.4 Å². The number of imidazole rings is 1. The molecule has 0 aliphatic rings. The van der Waals surface area contributed by atoms with Gasteiger partial charge in [0.25, 0.3) is 0 Å². The topological polar surface area (TPSA) is 37.9 Å². The number of benzene rings is 3. The average molecular weight is 427 g/mol. The number of fused-ring (bicyclic) bond motifs is 1. The van der Waals surface area contributed by atoms with E-state index in [1.54, 1.807) is 0 Å². The summed E-state index contributed by atoms with van der Waals surface area (Å²) < 4.78 is 5.95. The molecule has 0 atom stereocenters. The largest absolute Gasteiger partial charge is 0.487 e. The molecule has 0 aliphatic heterocycles. The zero-order valence-corrected chi connectivity index (χ0v) is 18.3. The first-order valence-corrected chi connectivity index (χ1v) is 9.75. The minimum atomic E-state index is 0. The summed E-state index contributed by atoms with van der Waals surface area (Å²) in [6.45, 7) is 7.10. The van der Waals surface area contributed by atoms with Crippen molar-refractivity contribution in [1.29, 1.82) is 0 Å². The Labute approximate surface area is 182 Å². The van der Waals surface area contributed by atoms with Crippen LogP contribution in [0.4, 0.5) is 0 Å². The Hall–Kier alpha value is -2.49. The average Bonchev–Trinajstić information content (AvgIpc) is 3.11. The molecule has 150 valence electrons. The molecular weight excluding hydrogens is 403 g/mol. The van der Waals surface area contributed by atoms with Gasteiger partial charge in [0.15, 0.2) is 0 Å². The molecule has 1 N–H and O–H groups in total. The van der Waals surface area contributed by atoms with Crippen molar-refractivity contribution < 1.29 is 4.74 Å². The Bertz CT molecular complexity index is 1110. The van der Waals surface area contributed by atoms with Crippen molar-refractivity contribution >= 4 is 35.0 Å². The molecule has 3 aromatic carbocycles. The molecule has 0 fully saturated rings. The summed E-state index contributed by atoms with van der Waals surface area (Å²) >= 11 is 6.34. The lowest BCUT2D eigenvalue weighted by Gasteiger charge is -2.18. The summed E-state index contributed by atoms with van der Waals surface area (Å²) in [5.41, 5.74) is 5.40. The van der Waals surface area contributed by atoms with E-state index in [2.05, 4.69) is 44.0 Å². The van der Waals surface area contributed by atoms with Gasteiger partial charge in [0.05, 0.1) is 16.1 Å². The highest BCUT2D eigenvalue weighted by Crippen LogP contribution is 2.32. The van der Waals surface area contributed by atoms with Crippen molar-refractivity contribution in [2.45, 2.75) is 32.8 Å². The van der Waals surface area contributed by atoms with Gasteiger partial charge in [0.1, 0.15) is 18.2 Å². The zero-order valence-electron chi connectivity index (χ0n) is 16.7. The summed E-state index contributed by atoms with van der Waals surface area (Å²) in [6.07, 6.45) is 0. The van der Waals surface area contributed by atoms with Crippen molar-refractivity contribution in [3.63, 3.8) is 0 Å². The fraction of sp³-hybridized carbons (Fsp3) is 0.208. The van der Waals surface area contributed by atoms with Crippen LogP contribution in [0.5, 0.6) is 5.75 Å². The first-order valence-electron chi connectivity index (χ1n) is 9.37. The number of H-pyrrole nitrogens is 1. The number of ether oxygens (including phenoxy) is 1. The van der Waals surface area contributed by atoms with Crippen LogP contribution < -0.4 is 4.74 Å². The van der Waals surface area contributed by atoms with Gasteiger partial charge in [-0.05, 0) is 46.9 Å². The zero-order chi connectivity index (χ0) is 19.7. The molecule has 0 radical (unpaired) electrons. The molecule has 1 heterocycles. The van der Waals surface area contributed by atoms with Gasteiger partial charge in [-0.2, -0.15) is 0 Å². The van der Waals surface area contributed by atoms with Gasteiger partial charge < -0.3 is 9.72 Å². The number of nitrogens with zero attached hydrogens (tertiary/aromatic N) is 1. The normalized spacial score (nSPS) is 11.3. The number of rotatable bonds is 4. The number of nitrogens with one attached hydrogen (secondary N) is 1. The second-order valence-corrected chi connectivity index (χ2v) is 8.39. The number of hydrogen-bond donors (Lipinski definition) is 1. The standard InChI is InChI=1S/C24H23ClN2O.ClH/c1-24(2,3)18-10-12-20-21(14-18)27-23(26-20)17-9-11-19(25)22(13-17)28-15-16-7-5-4-6-8-16;/h4-14H,15H2,1-3H3,(H,26,27);1H. The van der Waals surface area contributed by atoms with Crippen LogP contribution in [0, 0.1) is 0 Å². The van der Waals surface area contributed by atoms with E-state index >= 15 is 0 Å². The Morgan fingerprint density at radius 2 is 1.72 bits per heavy atom. The maximum Gasteiger partial charge on any atom is 0.139 e. The predicted molar refractivity (Wildman–Crippen MR) is 123 cm³/mol. The minimum Gasteiger partial charge on any atom is -0.487 e. The second kappa shape index (κ2) is 8.48. The maximum absolute atomic E-state index is 6.34. The lowest BCUT2D eigenvalue weighted by atomic mass is 9.87. The Morgan fingerprint density at radius 3 is 2.45 bits per heavy atom. The first-order chi connectivity index (χ1) is 13.4. The Balaban J connectivity index is 0.00000240. The molecule has 0 aliphatic carbocycles. The molecule has 4 aromatic rings. The summed E-state index contributed by atoms with van der Waals surface area (Å²) in [4.78, 5) is 8.18. The van der Waals surface area contributed by atoms with Crippen molar-refractivity contribution in [1.82, 2.24) is 9.97 Å². The summed E-state index contributed by atoms with van der Waals surface area (Å²) in [6, 6.07) is 22.2. The van der Waals surface area contributed by atoms with E-state index in [0.29, 0.717) is 17.4 Å². The Kier molecular flexibility index (Phi) is 6.21. The smallest absolute Gasteiger partial charge is 0.139 e. The van der Waals surface area contributed by atoms with Gasteiger partial charge >= 0.3 is 0 Å². The molecule has 3 nitrogen and oxygen atoms in total. The van der Waals surface area contributed by atoms with Crippen molar-refractivity contribution in [2.24, 2.45) is 0 Å². The SMILES string of the molecule is CC(C)(C)c1ccc2nc(-c3ccc(Cl)c(OCc4ccccc4)c3)[nH]c2c1.Cl. The highest BCUT2D eigenvalue weighted by Gasteiger charge is 2.15. The fourth-order valence-electron chi connectivity index (χ4n) is 3.11. The van der Waals surface area contributed by atoms with Gasteiger partial charge in [-0.3, -0.25) is 0 Å². The molecule has 0 saturated carbocycles. The third kappa shape index (κ3) is 4.75. The quantitative estimate of drug-likeness (QED) is 0.375. The van der Waals surface area contributed by atoms with Gasteiger partial charge in [0.2, 0.25) is 0 Å². The van der Waals surface area contributed by atoms with E-state index in [9.17, 15) is 0 Å². The van der Waals surface area contributed by atoms with E-state index in [4.69, 9.17) is 21.3 Å². The molecule has 0 saturated heterocycles. The monoisotopic (exact) mass is 426 g/mol. The summed E-state index contributed by atoms with van der Waals surface area (Å²) in [7, 11) is 0. The molecule has 0 bridgehead atoms. The molecular formula is C24H24Cl2N2O. The predicted octanol–water partition coefficient (Wildman–Crippen LogP) is 7.18. The number of halogens is 2. The molecule has 0 amide bonds. The van der Waals surface area contributed by atoms with Crippen LogP contribution in [-0.4, -0.2) is 9.97 Å². The van der Waals surface area contributed by atoms with Crippen molar-refractivity contribution in [2.75, 3.05) is 0 Å². The lowest BCUT2D eigenvalue weighted by molar-refractivity contribution is 0.306. The third-order valence-corrected chi connectivity index (χ3v) is 5.10. The van der Waals surface area contributed by atoms with Gasteiger partial charge in [-0.25, -0.2) is 4.98 Å². The number of hydrogen-bond acceptors (Lipinski definition) is 2. The van der Waals surface area contributed by atoms with E-state index < -0.39 is 0 Å². The van der Waals surface area contributed by atoms with Gasteiger partial charge in [0, 0.05) is 5.56 Å². The third-order valence-electron chi connectivity index (χ3n) is 4.79. The van der Waals surface area contributed by atoms with Gasteiger partial charge in [-0.1, -0.05) is 68.8 Å². The van der Waals surface area contributed by atoms with Crippen LogP contribution in [0.1, 0.15) is 31.9 Å². The minimum absolute atomic E-state index is 0. The van der Waals surface area contributed by atoms with Crippen molar-refractivity contribution in [3.05, 3.63) is 82.9 Å². The number of aromatic amines is 1. The lowest BCUT2D eigenvalue weighted by Crippen LogP contribution is -2.10. The van der Waals surface area contributed by atoms with E-state index in [1.165, 1.54) is 5.56 Å². The molecule has 4 rings (SSSR count). The highest BCUT2D eigenvalue weighted by molar-refractivity contribution is 6.32. The van der Waals surface area contributed by atoms with Crippen molar-refractivity contribution in [3.8, 4) is 17.1 Å². The van der Waals surface area contributed by atoms with E-state index in [1.807, 2.05) is 48.5 Å². The number of aromatic nitrogens is 2. The second-order valence-electron chi connectivity index (χ2n) is 7.99. The Morgan fingerprint density at radius 1 is 0.966 bits per heavy atom. The van der Waals surface area contributed by atoms with Crippen LogP contribution in [0.3, 0.4) is 0 Å². The van der Waals surface area contributed by atoms with Crippen LogP contribution in [-0.2, 0) is 12.0 Å². The first kappa shape index (κ1) is 21.2. The molecule has 5 heteroatoms. The highest BCUT2D eigenvalue weighted by atomic mass is 35.5. The molecule has 0 spiro atoms. The maximum atomic E-state index is 6.34. The van der Waals surface area contributed by atoms with Crippen LogP contribution in [0.15, 0.2) is 66.7 Å². The molecule has 0 unspecified atom stereocenters. The van der Waals surface area contributed by atoms with Gasteiger partial charge in [-0.15, -0.1) is 12.4 Å². The van der Waals surface area contributed by atoms with Crippen LogP contribution in [0.2, 0.25) is 5.02 Å². The summed E-state index contributed by atoms with van der Waals surface area (Å²) in [5, 5.41) is 0.589. The molecule has 29 heavy (non-hydrogen) atoms. The van der Waals surface area contributed by atoms with E-state index in [0.717, 1.165) is 28.0 Å².